The van der Waals surface area contributed by atoms with Gasteiger partial charge in [-0.15, -0.1) is 0 Å². The van der Waals surface area contributed by atoms with E-state index in [0.29, 0.717) is 25.7 Å². The number of aliphatic carboxylic acids is 3. The van der Waals surface area contributed by atoms with E-state index in [-0.39, 0.29) is 25.7 Å². The summed E-state index contributed by atoms with van der Waals surface area (Å²) in [4.78, 5) is 67.3. The molecule has 3 heterocycles. The number of carbonyl (C=O) groups excluding carboxylic acids is 1. The molecule has 4 unspecified atom stereocenters. The molecule has 11 heteroatoms. The lowest BCUT2D eigenvalue weighted by Gasteiger charge is -2.65. The van der Waals surface area contributed by atoms with Crippen LogP contribution in [0.25, 0.3) is 0 Å². The topological polar surface area (TPSA) is 148 Å². The van der Waals surface area contributed by atoms with E-state index < -0.39 is 104 Å². The van der Waals surface area contributed by atoms with Crippen molar-refractivity contribution in [3.05, 3.63) is 0 Å². The normalized spacial score (nSPS) is 26.1. The van der Waals surface area contributed by atoms with Crippen LogP contribution < -0.4 is 0 Å². The van der Waals surface area contributed by atoms with Crippen molar-refractivity contribution in [1.29, 1.82) is 0 Å². The van der Waals surface area contributed by atoms with Gasteiger partial charge in [-0.25, -0.2) is 0 Å². The first-order valence-corrected chi connectivity index (χ1v) is 24.4. The molecule has 0 spiro atoms. The van der Waals surface area contributed by atoms with Gasteiger partial charge >= 0.3 is 23.9 Å². The Hall–Kier alpha value is -2.24. The Morgan fingerprint density at radius 3 is 1.31 bits per heavy atom. The van der Waals surface area contributed by atoms with Crippen molar-refractivity contribution in [1.82, 2.24) is 14.7 Å². The largest absolute Gasteiger partial charge is 0.481 e. The van der Waals surface area contributed by atoms with E-state index in [1.165, 1.54) is 19.3 Å². The van der Waals surface area contributed by atoms with Gasteiger partial charge in [0.1, 0.15) is 11.5 Å². The number of hydrogen-bond acceptors (Lipinski definition) is 8. The number of carboxylic acid groups (broad SMARTS) is 3. The highest BCUT2D eigenvalue weighted by atomic mass is 16.5. The monoisotopic (exact) mass is 876 g/mol. The number of rotatable bonds is 21. The molecule has 0 amide bonds. The zero-order chi connectivity index (χ0) is 47.7. The summed E-state index contributed by atoms with van der Waals surface area (Å²) in [6.45, 7) is 29.1. The van der Waals surface area contributed by atoms with E-state index in [9.17, 15) is 20.1 Å². The Kier molecular flexibility index (Phi) is 17.2. The lowest BCUT2D eigenvalue weighted by molar-refractivity contribution is -0.232. The van der Waals surface area contributed by atoms with Crippen LogP contribution in [0.15, 0.2) is 0 Å². The van der Waals surface area contributed by atoms with Gasteiger partial charge in [0, 0.05) is 33.2 Å². The smallest absolute Gasteiger partial charge is 0.312 e. The van der Waals surface area contributed by atoms with Crippen molar-refractivity contribution in [2.45, 2.75) is 245 Å². The highest BCUT2D eigenvalue weighted by Gasteiger charge is 2.76. The van der Waals surface area contributed by atoms with Gasteiger partial charge in [0.25, 0.3) is 0 Å². The van der Waals surface area contributed by atoms with Crippen molar-refractivity contribution in [2.24, 2.45) is 34.5 Å². The molecule has 3 aliphatic rings. The maximum absolute atomic E-state index is 16.1. The van der Waals surface area contributed by atoms with Crippen LogP contribution in [0.5, 0.6) is 0 Å². The van der Waals surface area contributed by atoms with Gasteiger partial charge in [-0.1, -0.05) is 58.8 Å². The first-order valence-electron chi connectivity index (χ1n) is 24.4. The van der Waals surface area contributed by atoms with Crippen LogP contribution in [-0.2, 0) is 23.9 Å². The highest BCUT2D eigenvalue weighted by molar-refractivity contribution is 5.94. The van der Waals surface area contributed by atoms with E-state index in [1.807, 2.05) is 41.8 Å². The summed E-state index contributed by atoms with van der Waals surface area (Å²) in [5.41, 5.74) is -8.35. The molecule has 0 radical (unpaired) electrons. The maximum atomic E-state index is 16.1. The van der Waals surface area contributed by atoms with E-state index in [1.54, 1.807) is 0 Å². The Morgan fingerprint density at radius 2 is 0.935 bits per heavy atom. The van der Waals surface area contributed by atoms with Crippen LogP contribution >= 0.6 is 0 Å². The van der Waals surface area contributed by atoms with E-state index in [4.69, 9.17) is 4.74 Å². The SMILES string of the molecule is CCCCCCCCCC(CCC)OC(=O)C(C1CC(C)(C)N(C)C(C)(C)C1)C(C(=O)O)(C1CC(C)(C)N(C)C(C)(C)C1)C(CC(=O)O)(C(=O)O)C1CC(C)(C)N(C)C(C)(C)C1. The molecule has 0 bridgehead atoms. The lowest BCUT2D eigenvalue weighted by Crippen LogP contribution is -2.73. The number of carbonyl (C=O) groups is 4. The first kappa shape index (κ1) is 54.1. The third-order valence-electron chi connectivity index (χ3n) is 17.4. The third kappa shape index (κ3) is 10.7. The molecule has 0 aliphatic carbocycles. The molecule has 3 saturated heterocycles. The molecule has 0 aromatic carbocycles. The summed E-state index contributed by atoms with van der Waals surface area (Å²) >= 11 is 0. The van der Waals surface area contributed by atoms with Crippen molar-refractivity contribution in [2.75, 3.05) is 21.1 Å². The number of esters is 1. The average Bonchev–Trinajstić information content (AvgIpc) is 3.11. The second-order valence-electron chi connectivity index (χ2n) is 24.2. The standard InChI is InChI=1S/C51H93N3O8/c1-18-20-21-22-23-24-25-27-38(26-19-2)62-41(57)40(35-28-44(3,4)52(15)45(5,6)29-35)51(43(60)61,37-32-48(11,12)54(17)49(13,14)33-37)50(42(58)59,34-39(55)56)36-30-46(7,8)53(16)47(9,10)31-36/h35-38,40H,18-34H2,1-17H3,(H,55,56)(H,58,59)(H,60,61). The van der Waals surface area contributed by atoms with Crippen molar-refractivity contribution < 1.29 is 39.2 Å². The molecule has 0 aromatic heterocycles. The first-order chi connectivity index (χ1) is 28.2. The molecule has 3 aliphatic heterocycles. The van der Waals surface area contributed by atoms with E-state index >= 15 is 14.4 Å². The summed E-state index contributed by atoms with van der Waals surface area (Å²) in [5, 5.41) is 36.2. The number of carboxylic acids is 3. The van der Waals surface area contributed by atoms with Crippen LogP contribution in [0.3, 0.4) is 0 Å². The van der Waals surface area contributed by atoms with Gasteiger partial charge in [0.15, 0.2) is 0 Å². The fraction of sp³-hybridized carbons (Fsp3) is 0.922. The second-order valence-corrected chi connectivity index (χ2v) is 24.2. The third-order valence-corrected chi connectivity index (χ3v) is 17.4. The van der Waals surface area contributed by atoms with Crippen LogP contribution in [0.1, 0.15) is 206 Å². The molecule has 62 heavy (non-hydrogen) atoms. The molecule has 3 N–H and O–H groups in total. The van der Waals surface area contributed by atoms with Gasteiger partial charge < -0.3 is 20.1 Å². The number of unbranched alkanes of at least 4 members (excludes halogenated alkanes) is 6. The van der Waals surface area contributed by atoms with Crippen LogP contribution in [-0.4, -0.2) is 114 Å². The number of ether oxygens (including phenoxy) is 1. The molecule has 0 saturated carbocycles. The Morgan fingerprint density at radius 1 is 0.548 bits per heavy atom. The van der Waals surface area contributed by atoms with Crippen molar-refractivity contribution in [3.63, 3.8) is 0 Å². The Labute approximate surface area is 377 Å². The summed E-state index contributed by atoms with van der Waals surface area (Å²) in [6, 6.07) is 0. The number of hydrogen-bond donors (Lipinski definition) is 3. The molecular formula is C51H93N3O8. The Balaban J connectivity index is 2.58. The minimum absolute atomic E-state index is 0.240. The zero-order valence-electron chi connectivity index (χ0n) is 42.6. The highest BCUT2D eigenvalue weighted by Crippen LogP contribution is 2.68. The zero-order valence-corrected chi connectivity index (χ0v) is 42.6. The Bertz CT molecular complexity index is 1520. The maximum Gasteiger partial charge on any atom is 0.312 e. The number of piperidine rings is 3. The summed E-state index contributed by atoms with van der Waals surface area (Å²) < 4.78 is 6.78. The van der Waals surface area contributed by atoms with Gasteiger partial charge in [0.05, 0.1) is 17.8 Å². The van der Waals surface area contributed by atoms with Crippen LogP contribution in [0, 0.1) is 34.5 Å². The molecule has 11 nitrogen and oxygen atoms in total. The van der Waals surface area contributed by atoms with Gasteiger partial charge in [-0.2, -0.15) is 0 Å². The van der Waals surface area contributed by atoms with Crippen LogP contribution in [0.2, 0.25) is 0 Å². The molecule has 4 atom stereocenters. The quantitative estimate of drug-likeness (QED) is 0.0747. The average molecular weight is 876 g/mol. The fourth-order valence-corrected chi connectivity index (χ4v) is 13.7. The van der Waals surface area contributed by atoms with Crippen molar-refractivity contribution >= 4 is 23.9 Å². The number of likely N-dealkylation sites (tertiary alicyclic amines) is 3. The molecular weight excluding hydrogens is 783 g/mol. The molecule has 0 aromatic rings. The summed E-state index contributed by atoms with van der Waals surface area (Å²) in [5.74, 6) is -8.80. The predicted molar refractivity (Wildman–Crippen MR) is 249 cm³/mol. The minimum atomic E-state index is -2.41. The predicted octanol–water partition coefficient (Wildman–Crippen LogP) is 10.8. The fourth-order valence-electron chi connectivity index (χ4n) is 13.7. The summed E-state index contributed by atoms with van der Waals surface area (Å²) in [7, 11) is 6.09. The molecule has 360 valence electrons. The van der Waals surface area contributed by atoms with E-state index in [0.717, 1.165) is 32.1 Å². The van der Waals surface area contributed by atoms with Gasteiger partial charge in [0.2, 0.25) is 0 Å². The molecule has 3 fully saturated rings. The van der Waals surface area contributed by atoms with E-state index in [2.05, 4.69) is 91.0 Å². The van der Waals surface area contributed by atoms with Crippen LogP contribution in [0.4, 0.5) is 0 Å². The van der Waals surface area contributed by atoms with Gasteiger partial charge in [-0.3, -0.25) is 33.9 Å². The van der Waals surface area contributed by atoms with Crippen molar-refractivity contribution in [3.8, 4) is 0 Å². The summed E-state index contributed by atoms with van der Waals surface area (Å²) in [6.07, 6.45) is 10.1. The second kappa shape index (κ2) is 19.7. The molecule has 3 rings (SSSR count). The minimum Gasteiger partial charge on any atom is -0.481 e. The number of nitrogens with zero attached hydrogens (tertiary/aromatic N) is 3. The lowest BCUT2D eigenvalue weighted by atomic mass is 9.40. The van der Waals surface area contributed by atoms with Gasteiger partial charge in [-0.05, 0) is 180 Å².